The third-order valence-corrected chi connectivity index (χ3v) is 14.2. The maximum atomic E-state index is 13.9. The van der Waals surface area contributed by atoms with Crippen molar-refractivity contribution in [2.45, 2.75) is 119 Å². The van der Waals surface area contributed by atoms with E-state index in [2.05, 4.69) is 31.9 Å². The molecule has 0 fully saturated rings. The second kappa shape index (κ2) is 33.6. The fourth-order valence-electron chi connectivity index (χ4n) is 9.55. The molecule has 6 rings (SSSR count). The minimum atomic E-state index is -0.865. The molecule has 0 saturated carbocycles. The fraction of sp³-hybridized carbons (Fsp3) is 0.344. The quantitative estimate of drug-likeness (QED) is 0.0186. The van der Waals surface area contributed by atoms with Crippen molar-refractivity contribution in [2.75, 3.05) is 35.6 Å². The van der Waals surface area contributed by atoms with Gasteiger partial charge in [0.1, 0.15) is 18.1 Å². The Morgan fingerprint density at radius 3 is 0.793 bits per heavy atom. The van der Waals surface area contributed by atoms with Crippen LogP contribution in [0.5, 0.6) is 0 Å². The van der Waals surface area contributed by atoms with Crippen molar-refractivity contribution in [3.8, 4) is 0 Å². The number of hydrogen-bond donors (Lipinski definition) is 12. The summed E-state index contributed by atoms with van der Waals surface area (Å²) in [6.07, 6.45) is 5.85. The van der Waals surface area contributed by atoms with E-state index in [0.29, 0.717) is 114 Å². The number of carbonyl (C=O) groups excluding carboxylic acids is 6. The zero-order valence-electron chi connectivity index (χ0n) is 46.7. The van der Waals surface area contributed by atoms with E-state index < -0.39 is 77.6 Å². The van der Waals surface area contributed by atoms with Gasteiger partial charge < -0.3 is 66.3 Å². The van der Waals surface area contributed by atoms with E-state index in [1.54, 1.807) is 36.4 Å². The summed E-state index contributed by atoms with van der Waals surface area (Å²) >= 11 is 0. The summed E-state index contributed by atoms with van der Waals surface area (Å²) in [5.74, 6) is -2.91. The van der Waals surface area contributed by atoms with E-state index in [-0.39, 0.29) is 0 Å². The van der Waals surface area contributed by atoms with Crippen molar-refractivity contribution in [2.24, 2.45) is 34.4 Å². The Balaban J connectivity index is 1.22. The number of nitrogens with one attached hydrogen (secondary N) is 6. The molecule has 0 unspecified atom stereocenters. The lowest BCUT2D eigenvalue weighted by molar-refractivity contribution is -0.127. The van der Waals surface area contributed by atoms with Gasteiger partial charge in [0.2, 0.25) is 35.4 Å². The van der Waals surface area contributed by atoms with E-state index in [1.807, 2.05) is 127 Å². The largest absolute Gasteiger partial charge is 0.343 e. The first kappa shape index (κ1) is 63.1. The van der Waals surface area contributed by atoms with Crippen molar-refractivity contribution in [1.29, 1.82) is 0 Å². The number of benzene rings is 6. The highest BCUT2D eigenvalue weighted by Crippen LogP contribution is 2.34. The number of nitrogens with two attached hydrogens (primary N) is 6. The average Bonchev–Trinajstić information content (AvgIpc) is 3.69. The molecule has 0 aliphatic carbocycles. The van der Waals surface area contributed by atoms with Gasteiger partial charge in [0, 0.05) is 23.0 Å². The van der Waals surface area contributed by atoms with Crippen LogP contribution in [-0.4, -0.2) is 91.3 Å². The lowest BCUT2D eigenvalue weighted by Crippen LogP contribution is -2.50. The Bertz CT molecular complexity index is 2600. The van der Waals surface area contributed by atoms with E-state index >= 15 is 0 Å². The summed E-state index contributed by atoms with van der Waals surface area (Å²) in [5.41, 5.74) is 43.0. The molecule has 82 heavy (non-hydrogen) atoms. The summed E-state index contributed by atoms with van der Waals surface area (Å²) in [6.45, 7) is 1.32. The maximum absolute atomic E-state index is 13.9. The molecule has 0 heterocycles. The van der Waals surface area contributed by atoms with Gasteiger partial charge in [-0.3, -0.25) is 28.8 Å². The van der Waals surface area contributed by atoms with E-state index in [0.717, 1.165) is 33.4 Å². The van der Waals surface area contributed by atoms with Gasteiger partial charge in [-0.1, -0.05) is 127 Å². The van der Waals surface area contributed by atoms with Crippen LogP contribution >= 0.6 is 0 Å². The molecule has 434 valence electrons. The molecule has 0 radical (unpaired) electrons. The summed E-state index contributed by atoms with van der Waals surface area (Å²) in [4.78, 5) is 81.7. The molecule has 18 nitrogen and oxygen atoms in total. The monoisotopic (exact) mass is 1110 g/mol. The highest BCUT2D eigenvalue weighted by Gasteiger charge is 2.28. The molecule has 18 N–H and O–H groups in total. The summed E-state index contributed by atoms with van der Waals surface area (Å²) in [5, 5.41) is 17.6. The van der Waals surface area contributed by atoms with Crippen LogP contribution in [0.15, 0.2) is 164 Å². The van der Waals surface area contributed by atoms with E-state index in [9.17, 15) is 28.8 Å². The molecule has 0 saturated heterocycles. The van der Waals surface area contributed by atoms with Crippen molar-refractivity contribution in [1.82, 2.24) is 16.0 Å². The molecule has 6 aromatic rings. The van der Waals surface area contributed by atoms with Crippen molar-refractivity contribution in [3.63, 3.8) is 0 Å². The van der Waals surface area contributed by atoms with Gasteiger partial charge in [-0.15, -0.1) is 0 Å². The minimum absolute atomic E-state index is 0.309. The van der Waals surface area contributed by atoms with Gasteiger partial charge >= 0.3 is 0 Å². The fourth-order valence-corrected chi connectivity index (χ4v) is 9.55. The number of hydrogen-bond acceptors (Lipinski definition) is 12. The van der Waals surface area contributed by atoms with Crippen LogP contribution < -0.4 is 66.3 Å². The Morgan fingerprint density at radius 1 is 0.317 bits per heavy atom. The van der Waals surface area contributed by atoms with Crippen LogP contribution in [0.25, 0.3) is 0 Å². The third-order valence-electron chi connectivity index (χ3n) is 14.2. The summed E-state index contributed by atoms with van der Waals surface area (Å²) in [6, 6.07) is 45.3. The van der Waals surface area contributed by atoms with Crippen LogP contribution in [0.4, 0.5) is 17.1 Å². The zero-order chi connectivity index (χ0) is 58.6. The highest BCUT2D eigenvalue weighted by molar-refractivity contribution is 5.99. The summed E-state index contributed by atoms with van der Waals surface area (Å²) in [7, 11) is 0. The van der Waals surface area contributed by atoms with Crippen molar-refractivity contribution >= 4 is 52.5 Å². The van der Waals surface area contributed by atoms with Crippen LogP contribution in [0.2, 0.25) is 0 Å². The minimum Gasteiger partial charge on any atom is -0.343 e. The van der Waals surface area contributed by atoms with Gasteiger partial charge in [-0.2, -0.15) is 0 Å². The number of unbranched alkanes of at least 4 members (excludes halogenated alkanes) is 3. The lowest BCUT2D eigenvalue weighted by atomic mass is 9.85. The first-order valence-corrected chi connectivity index (χ1v) is 28.4. The second-order valence-corrected chi connectivity index (χ2v) is 20.7. The van der Waals surface area contributed by atoms with Gasteiger partial charge in [0.25, 0.3) is 0 Å². The van der Waals surface area contributed by atoms with E-state index in [1.165, 1.54) is 0 Å². The molecular weight excluding hydrogens is 1030 g/mol. The number of carbonyl (C=O) groups is 6. The molecule has 0 spiro atoms. The van der Waals surface area contributed by atoms with Crippen molar-refractivity contribution in [3.05, 3.63) is 197 Å². The molecule has 18 heteroatoms. The topological polar surface area (TPSA) is 331 Å². The Hall–Kier alpha value is -8.10. The molecule has 0 aliphatic rings. The molecule has 6 atom stereocenters. The second-order valence-electron chi connectivity index (χ2n) is 20.7. The van der Waals surface area contributed by atoms with E-state index in [4.69, 9.17) is 34.4 Å². The first-order valence-electron chi connectivity index (χ1n) is 28.4. The molecule has 6 aromatic carbocycles. The van der Waals surface area contributed by atoms with Crippen LogP contribution in [-0.2, 0) is 48.0 Å². The Morgan fingerprint density at radius 2 is 0.561 bits per heavy atom. The highest BCUT2D eigenvalue weighted by atomic mass is 16.2. The smallest absolute Gasteiger partial charge is 0.246 e. The summed E-state index contributed by atoms with van der Waals surface area (Å²) < 4.78 is 0. The maximum Gasteiger partial charge on any atom is 0.246 e. The van der Waals surface area contributed by atoms with Crippen LogP contribution in [0.3, 0.4) is 0 Å². The van der Waals surface area contributed by atoms with Gasteiger partial charge in [0.15, 0.2) is 0 Å². The molecule has 0 bridgehead atoms. The predicted molar refractivity (Wildman–Crippen MR) is 325 cm³/mol. The first-order chi connectivity index (χ1) is 39.7. The van der Waals surface area contributed by atoms with Gasteiger partial charge in [-0.25, -0.2) is 0 Å². The number of amides is 6. The number of rotatable bonds is 33. The Kier molecular flexibility index (Phi) is 25.9. The van der Waals surface area contributed by atoms with Gasteiger partial charge in [-0.05, 0) is 166 Å². The van der Waals surface area contributed by atoms with Gasteiger partial charge in [0.05, 0.1) is 18.1 Å². The van der Waals surface area contributed by atoms with Crippen molar-refractivity contribution < 1.29 is 28.8 Å². The van der Waals surface area contributed by atoms with Crippen LogP contribution in [0.1, 0.15) is 97.1 Å². The average molecular weight is 1120 g/mol. The predicted octanol–water partition coefficient (Wildman–Crippen LogP) is 5.23. The third kappa shape index (κ3) is 20.5. The Labute approximate surface area is 481 Å². The zero-order valence-corrected chi connectivity index (χ0v) is 46.7. The van der Waals surface area contributed by atoms with Crippen LogP contribution in [0, 0.1) is 0 Å². The molecule has 6 amide bonds. The molecular formula is C64H82N12O6. The normalized spacial score (nSPS) is 13.4. The molecule has 0 aliphatic heterocycles. The lowest BCUT2D eigenvalue weighted by Gasteiger charge is -2.23. The molecule has 0 aromatic heterocycles. The number of anilines is 3. The standard InChI is InChI=1S/C64H82N12O6/c65-37-13-10-22-55(74-59(77)52(68)40-43-16-4-1-5-17-43)62(80)71-49-31-25-46(26-32-49)58(47-27-33-50(34-28-47)72-63(81)56(23-11-14-38-66)75-60(78)53(69)41-44-18-6-2-7-19-44)48-29-35-51(36-30-48)73-64(82)57(24-12-15-39-67)76-61(79)54(70)42-45-20-8-3-9-21-45/h1-9,16-21,25-36,52-58H,10-15,22-24,37-42,65-70H2,(H,71,80)(H,72,81)(H,73,82)(H,74,77)(H,75,78)(H,76,79)/t52-,53-,54-,55-,56-,57-/m0/s1. The SMILES string of the molecule is NCCCC[C@H](NC(=O)[C@@H](N)Cc1ccccc1)C(=O)Nc1ccc(C(c2ccc(NC(=O)[C@H](CCCCN)NC(=O)[C@@H](N)Cc3ccccc3)cc2)c2ccc(NC(=O)[C@H](CCCCN)NC(=O)[C@@H](N)Cc3ccccc3)cc2)cc1.